The summed E-state index contributed by atoms with van der Waals surface area (Å²) in [6.07, 6.45) is 1.94. The van der Waals surface area contributed by atoms with E-state index in [9.17, 15) is 5.11 Å². The summed E-state index contributed by atoms with van der Waals surface area (Å²) in [5.74, 6) is 0.846. The van der Waals surface area contributed by atoms with E-state index >= 15 is 0 Å². The molecular formula is C20H25NO3. The van der Waals surface area contributed by atoms with Gasteiger partial charge in [-0.25, -0.2) is 0 Å². The average molecular weight is 327 g/mol. The lowest BCUT2D eigenvalue weighted by Crippen LogP contribution is -2.43. The van der Waals surface area contributed by atoms with Crippen LogP contribution >= 0.6 is 0 Å². The van der Waals surface area contributed by atoms with E-state index in [4.69, 9.17) is 9.47 Å². The van der Waals surface area contributed by atoms with Gasteiger partial charge in [0.05, 0.1) is 18.8 Å². The Balaban J connectivity index is 1.62. The maximum absolute atomic E-state index is 10.0. The monoisotopic (exact) mass is 327 g/mol. The largest absolute Gasteiger partial charge is 0.491 e. The van der Waals surface area contributed by atoms with Gasteiger partial charge in [-0.2, -0.15) is 0 Å². The second-order valence-corrected chi connectivity index (χ2v) is 6.24. The molecule has 0 aliphatic heterocycles. The highest BCUT2D eigenvalue weighted by Gasteiger charge is 2.37. The Morgan fingerprint density at radius 2 is 1.88 bits per heavy atom. The zero-order valence-electron chi connectivity index (χ0n) is 14.1. The number of nitrogens with one attached hydrogen (secondary N) is 1. The predicted molar refractivity (Wildman–Crippen MR) is 94.2 cm³/mol. The Morgan fingerprint density at radius 3 is 2.62 bits per heavy atom. The first-order valence-corrected chi connectivity index (χ1v) is 8.42. The summed E-state index contributed by atoms with van der Waals surface area (Å²) in [4.78, 5) is 0. The van der Waals surface area contributed by atoms with Gasteiger partial charge >= 0.3 is 0 Å². The zero-order valence-corrected chi connectivity index (χ0v) is 14.1. The Kier molecular flexibility index (Phi) is 5.51. The minimum Gasteiger partial charge on any atom is -0.491 e. The minimum absolute atomic E-state index is 0.113. The molecule has 2 aromatic rings. The summed E-state index contributed by atoms with van der Waals surface area (Å²) < 4.78 is 10.6. The second kappa shape index (κ2) is 7.79. The third-order valence-electron chi connectivity index (χ3n) is 4.73. The molecule has 0 aromatic heterocycles. The van der Waals surface area contributed by atoms with Gasteiger partial charge in [0.15, 0.2) is 0 Å². The molecule has 1 atom stereocenters. The van der Waals surface area contributed by atoms with Crippen LogP contribution < -0.4 is 10.1 Å². The Hall–Kier alpha value is -1.88. The van der Waals surface area contributed by atoms with Crippen molar-refractivity contribution in [3.05, 3.63) is 65.2 Å². The van der Waals surface area contributed by atoms with Gasteiger partial charge in [-0.1, -0.05) is 36.4 Å². The molecule has 4 heteroatoms. The van der Waals surface area contributed by atoms with E-state index in [2.05, 4.69) is 35.6 Å². The van der Waals surface area contributed by atoms with Crippen LogP contribution in [0.1, 0.15) is 23.1 Å². The van der Waals surface area contributed by atoms with Gasteiger partial charge in [0, 0.05) is 13.7 Å². The van der Waals surface area contributed by atoms with Crippen molar-refractivity contribution < 1.29 is 14.6 Å². The summed E-state index contributed by atoms with van der Waals surface area (Å²) in [6.45, 7) is 1.97. The van der Waals surface area contributed by atoms with E-state index in [-0.39, 0.29) is 12.1 Å². The lowest BCUT2D eigenvalue weighted by atomic mass is 9.92. The molecule has 1 aliphatic carbocycles. The molecule has 1 unspecified atom stereocenters. The number of fused-ring (bicyclic) bond motifs is 1. The fourth-order valence-corrected chi connectivity index (χ4v) is 3.31. The van der Waals surface area contributed by atoms with E-state index in [1.54, 1.807) is 7.11 Å². The number of hydrogen-bond acceptors (Lipinski definition) is 4. The van der Waals surface area contributed by atoms with Gasteiger partial charge in [-0.05, 0) is 41.7 Å². The number of hydrogen-bond donors (Lipinski definition) is 2. The maximum Gasteiger partial charge on any atom is 0.119 e. The minimum atomic E-state index is -0.329. The van der Waals surface area contributed by atoms with E-state index in [0.29, 0.717) is 19.8 Å². The molecule has 3 rings (SSSR count). The summed E-state index contributed by atoms with van der Waals surface area (Å²) >= 11 is 0. The first-order valence-electron chi connectivity index (χ1n) is 8.42. The number of aliphatic hydroxyl groups is 1. The summed E-state index contributed by atoms with van der Waals surface area (Å²) in [7, 11) is 1.66. The molecule has 2 N–H and O–H groups in total. The molecule has 0 amide bonds. The zero-order chi connectivity index (χ0) is 16.8. The van der Waals surface area contributed by atoms with Crippen LogP contribution in [0.2, 0.25) is 0 Å². The summed E-state index contributed by atoms with van der Waals surface area (Å²) in [5, 5.41) is 13.6. The van der Waals surface area contributed by atoms with Crippen LogP contribution in [-0.4, -0.2) is 32.0 Å². The molecule has 0 bridgehead atoms. The molecule has 2 aromatic carbocycles. The highest BCUT2D eigenvalue weighted by Crippen LogP contribution is 2.36. The Morgan fingerprint density at radius 1 is 1.08 bits per heavy atom. The number of ether oxygens (including phenoxy) is 2. The van der Waals surface area contributed by atoms with Crippen molar-refractivity contribution in [3.63, 3.8) is 0 Å². The van der Waals surface area contributed by atoms with Crippen LogP contribution in [0.25, 0.3) is 0 Å². The van der Waals surface area contributed by atoms with Crippen LogP contribution in [0.3, 0.4) is 0 Å². The fourth-order valence-electron chi connectivity index (χ4n) is 3.31. The van der Waals surface area contributed by atoms with E-state index in [1.807, 2.05) is 18.2 Å². The summed E-state index contributed by atoms with van der Waals surface area (Å²) in [6, 6.07) is 16.4. The van der Waals surface area contributed by atoms with Crippen molar-refractivity contribution in [1.29, 1.82) is 0 Å². The number of methoxy groups -OCH3 is 1. The number of aliphatic hydroxyl groups excluding tert-OH is 1. The SMILES string of the molecule is COCCOc1ccc(CNC2(CO)CCc3ccccc32)cc1. The quantitative estimate of drug-likeness (QED) is 0.732. The predicted octanol–water partition coefficient (Wildman–Crippen LogP) is 2.64. The maximum atomic E-state index is 10.0. The molecule has 24 heavy (non-hydrogen) atoms. The third kappa shape index (κ3) is 3.61. The average Bonchev–Trinajstić information content (AvgIpc) is 3.01. The molecule has 0 saturated carbocycles. The lowest BCUT2D eigenvalue weighted by Gasteiger charge is -2.30. The van der Waals surface area contributed by atoms with Gasteiger partial charge < -0.3 is 19.9 Å². The standard InChI is InChI=1S/C20H25NO3/c1-23-12-13-24-18-8-6-16(7-9-18)14-21-20(15-22)11-10-17-4-2-3-5-19(17)20/h2-9,21-22H,10-15H2,1H3. The second-order valence-electron chi connectivity index (χ2n) is 6.24. The van der Waals surface area contributed by atoms with Gasteiger partial charge in [-0.15, -0.1) is 0 Å². The fraction of sp³-hybridized carbons (Fsp3) is 0.400. The lowest BCUT2D eigenvalue weighted by molar-refractivity contribution is 0.146. The number of rotatable bonds is 8. The Labute approximate surface area is 143 Å². The Bertz CT molecular complexity index is 656. The van der Waals surface area contributed by atoms with E-state index < -0.39 is 0 Å². The highest BCUT2D eigenvalue weighted by atomic mass is 16.5. The number of aryl methyl sites for hydroxylation is 1. The van der Waals surface area contributed by atoms with Crippen LogP contribution in [0.15, 0.2) is 48.5 Å². The first kappa shape index (κ1) is 17.0. The normalized spacial score (nSPS) is 19.2. The van der Waals surface area contributed by atoms with Crippen molar-refractivity contribution in [3.8, 4) is 5.75 Å². The van der Waals surface area contributed by atoms with Crippen molar-refractivity contribution in [2.45, 2.75) is 24.9 Å². The van der Waals surface area contributed by atoms with Crippen LogP contribution in [0.5, 0.6) is 5.75 Å². The molecule has 0 heterocycles. The molecule has 1 aliphatic rings. The van der Waals surface area contributed by atoms with Crippen molar-refractivity contribution in [2.24, 2.45) is 0 Å². The van der Waals surface area contributed by atoms with Crippen molar-refractivity contribution in [2.75, 3.05) is 26.9 Å². The molecule has 0 saturated heterocycles. The van der Waals surface area contributed by atoms with Crippen LogP contribution in [-0.2, 0) is 23.2 Å². The van der Waals surface area contributed by atoms with Crippen molar-refractivity contribution >= 4 is 0 Å². The smallest absolute Gasteiger partial charge is 0.119 e. The summed E-state index contributed by atoms with van der Waals surface area (Å²) in [5.41, 5.74) is 3.41. The topological polar surface area (TPSA) is 50.7 Å². The third-order valence-corrected chi connectivity index (χ3v) is 4.73. The molecular weight excluding hydrogens is 302 g/mol. The number of benzene rings is 2. The molecule has 0 spiro atoms. The molecule has 0 fully saturated rings. The molecule has 128 valence electrons. The van der Waals surface area contributed by atoms with Gasteiger partial charge in [0.25, 0.3) is 0 Å². The van der Waals surface area contributed by atoms with E-state index in [1.165, 1.54) is 16.7 Å². The van der Waals surface area contributed by atoms with Crippen molar-refractivity contribution in [1.82, 2.24) is 5.32 Å². The first-order chi connectivity index (χ1) is 11.8. The molecule has 0 radical (unpaired) electrons. The van der Waals surface area contributed by atoms with Crippen LogP contribution in [0, 0.1) is 0 Å². The highest BCUT2D eigenvalue weighted by molar-refractivity contribution is 5.39. The van der Waals surface area contributed by atoms with Crippen LogP contribution in [0.4, 0.5) is 0 Å². The van der Waals surface area contributed by atoms with Gasteiger partial charge in [-0.3, -0.25) is 0 Å². The van der Waals surface area contributed by atoms with Gasteiger partial charge in [0.2, 0.25) is 0 Å². The molecule has 4 nitrogen and oxygen atoms in total. The van der Waals surface area contributed by atoms with Gasteiger partial charge in [0.1, 0.15) is 12.4 Å². The van der Waals surface area contributed by atoms with E-state index in [0.717, 1.165) is 18.6 Å².